The first-order valence-electron chi connectivity index (χ1n) is 7.39. The van der Waals surface area contributed by atoms with Gasteiger partial charge in [-0.1, -0.05) is 18.2 Å². The lowest BCUT2D eigenvalue weighted by Crippen LogP contribution is -2.29. The van der Waals surface area contributed by atoms with Crippen molar-refractivity contribution < 1.29 is 14.3 Å². The second kappa shape index (κ2) is 6.33. The summed E-state index contributed by atoms with van der Waals surface area (Å²) in [5.74, 6) is 2.59. The van der Waals surface area contributed by atoms with Crippen LogP contribution >= 0.6 is 0 Å². The zero-order valence-corrected chi connectivity index (χ0v) is 12.2. The molecule has 1 N–H and O–H groups in total. The Morgan fingerprint density at radius 1 is 1.24 bits per heavy atom. The van der Waals surface area contributed by atoms with Crippen LogP contribution < -0.4 is 4.74 Å². The number of benzene rings is 1. The Morgan fingerprint density at radius 2 is 2.00 bits per heavy atom. The van der Waals surface area contributed by atoms with Crippen molar-refractivity contribution in [2.45, 2.75) is 25.5 Å². The molecule has 0 bridgehead atoms. The number of nitrogens with zero attached hydrogens (tertiary/aromatic N) is 1. The molecule has 0 amide bonds. The Balaban J connectivity index is 1.52. The summed E-state index contributed by atoms with van der Waals surface area (Å²) in [6.07, 6.45) is 2.10. The van der Waals surface area contributed by atoms with Gasteiger partial charge in [0, 0.05) is 12.6 Å². The molecule has 1 heterocycles. The number of aliphatic hydroxyl groups is 1. The molecule has 1 fully saturated rings. The summed E-state index contributed by atoms with van der Waals surface area (Å²) in [5, 5.41) is 9.94. The van der Waals surface area contributed by atoms with Crippen molar-refractivity contribution in [2.24, 2.45) is 5.92 Å². The van der Waals surface area contributed by atoms with E-state index in [4.69, 9.17) is 9.15 Å². The van der Waals surface area contributed by atoms with Crippen molar-refractivity contribution in [1.29, 1.82) is 0 Å². The summed E-state index contributed by atoms with van der Waals surface area (Å²) >= 11 is 0. The zero-order valence-electron chi connectivity index (χ0n) is 12.2. The molecule has 1 aliphatic carbocycles. The van der Waals surface area contributed by atoms with E-state index < -0.39 is 0 Å². The number of rotatable bonds is 7. The summed E-state index contributed by atoms with van der Waals surface area (Å²) in [5.41, 5.74) is 0. The van der Waals surface area contributed by atoms with E-state index in [1.54, 1.807) is 0 Å². The quantitative estimate of drug-likeness (QED) is 0.849. The summed E-state index contributed by atoms with van der Waals surface area (Å²) in [6, 6.07) is 13.3. The van der Waals surface area contributed by atoms with E-state index in [-0.39, 0.29) is 6.10 Å². The molecule has 4 nitrogen and oxygen atoms in total. The molecule has 1 aromatic heterocycles. The third-order valence-electron chi connectivity index (χ3n) is 3.69. The van der Waals surface area contributed by atoms with Crippen LogP contribution in [0.3, 0.4) is 0 Å². The maximum absolute atomic E-state index is 9.94. The van der Waals surface area contributed by atoms with Gasteiger partial charge in [-0.2, -0.15) is 0 Å². The van der Waals surface area contributed by atoms with Gasteiger partial charge in [-0.15, -0.1) is 0 Å². The Morgan fingerprint density at radius 3 is 2.71 bits per heavy atom. The fourth-order valence-corrected chi connectivity index (χ4v) is 2.38. The molecule has 0 spiro atoms. The molecule has 1 saturated carbocycles. The molecule has 1 aliphatic rings. The molecular formula is C17H21NO3. The standard InChI is InChI=1S/C17H21NO3/c1-18(12-16(19)13-7-8-13)11-15-9-10-17(21-15)20-14-5-3-2-4-6-14/h2-6,9-10,13,16,19H,7-8,11-12H2,1H3/t16-/m0/s1. The van der Waals surface area contributed by atoms with Crippen molar-refractivity contribution in [2.75, 3.05) is 13.6 Å². The monoisotopic (exact) mass is 287 g/mol. The Hall–Kier alpha value is -1.78. The summed E-state index contributed by atoms with van der Waals surface area (Å²) in [6.45, 7) is 1.35. The summed E-state index contributed by atoms with van der Waals surface area (Å²) in [4.78, 5) is 2.08. The number of likely N-dealkylation sites (N-methyl/N-ethyl adjacent to an activating group) is 1. The van der Waals surface area contributed by atoms with Gasteiger partial charge in [0.2, 0.25) is 0 Å². The van der Waals surface area contributed by atoms with E-state index in [2.05, 4.69) is 4.90 Å². The topological polar surface area (TPSA) is 45.8 Å². The van der Waals surface area contributed by atoms with Crippen LogP contribution in [0.5, 0.6) is 11.7 Å². The fourth-order valence-electron chi connectivity index (χ4n) is 2.38. The molecule has 0 unspecified atom stereocenters. The predicted octanol–water partition coefficient (Wildman–Crippen LogP) is 3.27. The van der Waals surface area contributed by atoms with Gasteiger partial charge in [0.1, 0.15) is 11.5 Å². The molecule has 1 aromatic carbocycles. The normalized spacial score (nSPS) is 16.1. The first-order chi connectivity index (χ1) is 10.2. The zero-order chi connectivity index (χ0) is 14.7. The van der Waals surface area contributed by atoms with Gasteiger partial charge >= 0.3 is 0 Å². The molecule has 2 aromatic rings. The lowest BCUT2D eigenvalue weighted by Gasteiger charge is -2.19. The minimum atomic E-state index is -0.218. The Kier molecular flexibility index (Phi) is 4.27. The number of aliphatic hydroxyl groups excluding tert-OH is 1. The summed E-state index contributed by atoms with van der Waals surface area (Å²) in [7, 11) is 1.99. The second-order valence-corrected chi connectivity index (χ2v) is 5.74. The van der Waals surface area contributed by atoms with Crippen molar-refractivity contribution in [1.82, 2.24) is 4.90 Å². The van der Waals surface area contributed by atoms with Gasteiger partial charge in [-0.3, -0.25) is 4.90 Å². The highest BCUT2D eigenvalue weighted by atomic mass is 16.6. The second-order valence-electron chi connectivity index (χ2n) is 5.74. The third kappa shape index (κ3) is 4.09. The lowest BCUT2D eigenvalue weighted by molar-refractivity contribution is 0.101. The van der Waals surface area contributed by atoms with Gasteiger partial charge in [0.25, 0.3) is 5.95 Å². The van der Waals surface area contributed by atoms with Gasteiger partial charge in [0.15, 0.2) is 0 Å². The van der Waals surface area contributed by atoms with E-state index in [0.29, 0.717) is 25.0 Å². The molecule has 21 heavy (non-hydrogen) atoms. The van der Waals surface area contributed by atoms with Crippen molar-refractivity contribution >= 4 is 0 Å². The van der Waals surface area contributed by atoms with E-state index >= 15 is 0 Å². The van der Waals surface area contributed by atoms with Gasteiger partial charge < -0.3 is 14.3 Å². The number of hydrogen-bond acceptors (Lipinski definition) is 4. The van der Waals surface area contributed by atoms with Gasteiger partial charge in [-0.05, 0) is 44.0 Å². The summed E-state index contributed by atoms with van der Waals surface area (Å²) < 4.78 is 11.3. The highest BCUT2D eigenvalue weighted by molar-refractivity contribution is 5.26. The van der Waals surface area contributed by atoms with Crippen LogP contribution in [-0.4, -0.2) is 29.7 Å². The number of furan rings is 1. The third-order valence-corrected chi connectivity index (χ3v) is 3.69. The van der Waals surface area contributed by atoms with Crippen molar-refractivity contribution in [3.8, 4) is 11.7 Å². The van der Waals surface area contributed by atoms with Crippen LogP contribution in [0.4, 0.5) is 0 Å². The molecule has 4 heteroatoms. The van der Waals surface area contributed by atoms with E-state index in [9.17, 15) is 5.11 Å². The number of hydrogen-bond donors (Lipinski definition) is 1. The van der Waals surface area contributed by atoms with Crippen molar-refractivity contribution in [3.63, 3.8) is 0 Å². The Bertz CT molecular complexity index is 562. The van der Waals surface area contributed by atoms with Crippen LogP contribution in [0.15, 0.2) is 46.9 Å². The minimum Gasteiger partial charge on any atom is -0.429 e. The number of ether oxygens (including phenoxy) is 1. The molecule has 0 radical (unpaired) electrons. The SMILES string of the molecule is CN(Cc1ccc(Oc2ccccc2)o1)C[C@H](O)C1CC1. The smallest absolute Gasteiger partial charge is 0.290 e. The van der Waals surface area contributed by atoms with Crippen LogP contribution in [0, 0.1) is 5.92 Å². The molecular weight excluding hydrogens is 266 g/mol. The lowest BCUT2D eigenvalue weighted by atomic mass is 10.2. The fraction of sp³-hybridized carbons (Fsp3) is 0.412. The first-order valence-corrected chi connectivity index (χ1v) is 7.39. The average molecular weight is 287 g/mol. The maximum atomic E-state index is 9.94. The molecule has 0 aliphatic heterocycles. The molecule has 1 atom stereocenters. The molecule has 3 rings (SSSR count). The van der Waals surface area contributed by atoms with Gasteiger partial charge in [0.05, 0.1) is 12.6 Å². The Labute approximate surface area is 124 Å². The highest BCUT2D eigenvalue weighted by Gasteiger charge is 2.30. The van der Waals surface area contributed by atoms with Crippen LogP contribution in [0.2, 0.25) is 0 Å². The maximum Gasteiger partial charge on any atom is 0.290 e. The van der Waals surface area contributed by atoms with E-state index in [1.165, 1.54) is 0 Å². The van der Waals surface area contributed by atoms with Crippen LogP contribution in [0.1, 0.15) is 18.6 Å². The average Bonchev–Trinajstić information content (AvgIpc) is 3.23. The first kappa shape index (κ1) is 14.2. The molecule has 0 saturated heterocycles. The predicted molar refractivity (Wildman–Crippen MR) is 80.3 cm³/mol. The molecule has 112 valence electrons. The minimum absolute atomic E-state index is 0.218. The van der Waals surface area contributed by atoms with E-state index in [0.717, 1.165) is 24.4 Å². The van der Waals surface area contributed by atoms with E-state index in [1.807, 2.05) is 49.5 Å². The van der Waals surface area contributed by atoms with Crippen molar-refractivity contribution in [3.05, 3.63) is 48.2 Å². The largest absolute Gasteiger partial charge is 0.429 e. The van der Waals surface area contributed by atoms with Crippen LogP contribution in [-0.2, 0) is 6.54 Å². The number of para-hydroxylation sites is 1. The van der Waals surface area contributed by atoms with Gasteiger partial charge in [-0.25, -0.2) is 0 Å². The highest BCUT2D eigenvalue weighted by Crippen LogP contribution is 2.33. The van der Waals surface area contributed by atoms with Crippen LogP contribution in [0.25, 0.3) is 0 Å².